The van der Waals surface area contributed by atoms with Crippen LogP contribution in [0.15, 0.2) is 84.6 Å². The van der Waals surface area contributed by atoms with Crippen LogP contribution in [0.3, 0.4) is 0 Å². The number of methoxy groups -OCH3 is 2. The Kier molecular flexibility index (Phi) is 6.21. The molecule has 1 aromatic heterocycles. The molecule has 0 radical (unpaired) electrons. The molecule has 0 bridgehead atoms. The lowest BCUT2D eigenvalue weighted by molar-refractivity contribution is -0.139. The van der Waals surface area contributed by atoms with Gasteiger partial charge in [0.15, 0.2) is 0 Å². The number of benzene rings is 3. The SMILES string of the molecule is COc1ccc(C(O)=C2C(=O)C(=O)N(CCc3c[nH]c4ccccc34)[C@@H]2c2ccccc2OC)cc1. The van der Waals surface area contributed by atoms with Crippen molar-refractivity contribution in [1.29, 1.82) is 0 Å². The molecule has 1 fully saturated rings. The van der Waals surface area contributed by atoms with Crippen molar-refractivity contribution in [2.45, 2.75) is 12.5 Å². The van der Waals surface area contributed by atoms with E-state index < -0.39 is 17.7 Å². The summed E-state index contributed by atoms with van der Waals surface area (Å²) in [6.07, 6.45) is 2.46. The third-order valence-corrected chi connectivity index (χ3v) is 6.63. The van der Waals surface area contributed by atoms with Gasteiger partial charge in [-0.15, -0.1) is 0 Å². The summed E-state index contributed by atoms with van der Waals surface area (Å²) in [7, 11) is 3.09. The molecule has 1 amide bonds. The fraction of sp³-hybridized carbons (Fsp3) is 0.172. The molecule has 4 aromatic rings. The number of aliphatic hydroxyl groups is 1. The van der Waals surface area contributed by atoms with Gasteiger partial charge in [0.1, 0.15) is 17.3 Å². The number of aliphatic hydroxyl groups excluding tert-OH is 1. The Hall–Kier alpha value is -4.52. The third kappa shape index (κ3) is 3.98. The topological polar surface area (TPSA) is 91.9 Å². The van der Waals surface area contributed by atoms with Crippen LogP contribution in [0.25, 0.3) is 16.7 Å². The first-order chi connectivity index (χ1) is 17.5. The second kappa shape index (κ2) is 9.62. The molecule has 0 spiro atoms. The van der Waals surface area contributed by atoms with Crippen LogP contribution in [0.2, 0.25) is 0 Å². The Morgan fingerprint density at radius 1 is 0.944 bits per heavy atom. The van der Waals surface area contributed by atoms with Gasteiger partial charge in [-0.3, -0.25) is 9.59 Å². The van der Waals surface area contributed by atoms with Crippen molar-refractivity contribution in [2.24, 2.45) is 0 Å². The summed E-state index contributed by atoms with van der Waals surface area (Å²) in [6, 6.07) is 21.1. The zero-order valence-corrected chi connectivity index (χ0v) is 20.0. The fourth-order valence-electron chi connectivity index (χ4n) is 4.81. The minimum atomic E-state index is -0.798. The first-order valence-corrected chi connectivity index (χ1v) is 11.6. The van der Waals surface area contributed by atoms with Crippen LogP contribution >= 0.6 is 0 Å². The number of nitrogens with zero attached hydrogens (tertiary/aromatic N) is 1. The number of fused-ring (bicyclic) bond motifs is 1. The van der Waals surface area contributed by atoms with Gasteiger partial charge in [0, 0.05) is 34.8 Å². The maximum absolute atomic E-state index is 13.3. The van der Waals surface area contributed by atoms with Gasteiger partial charge in [-0.05, 0) is 48.4 Å². The number of hydrogen-bond donors (Lipinski definition) is 2. The van der Waals surface area contributed by atoms with Crippen LogP contribution in [0.5, 0.6) is 11.5 Å². The minimum absolute atomic E-state index is 0.0357. The molecule has 0 aliphatic carbocycles. The summed E-state index contributed by atoms with van der Waals surface area (Å²) in [5.74, 6) is -0.463. The van der Waals surface area contributed by atoms with E-state index >= 15 is 0 Å². The molecule has 7 nitrogen and oxygen atoms in total. The quantitative estimate of drug-likeness (QED) is 0.223. The summed E-state index contributed by atoms with van der Waals surface area (Å²) in [5.41, 5.74) is 3.14. The molecule has 0 unspecified atom stereocenters. The number of hydrogen-bond acceptors (Lipinski definition) is 5. The van der Waals surface area contributed by atoms with Gasteiger partial charge >= 0.3 is 0 Å². The number of likely N-dealkylation sites (tertiary alicyclic amines) is 1. The summed E-state index contributed by atoms with van der Waals surface area (Å²) in [5, 5.41) is 12.3. The van der Waals surface area contributed by atoms with Crippen LogP contribution in [0.4, 0.5) is 0 Å². The molecule has 2 N–H and O–H groups in total. The van der Waals surface area contributed by atoms with Crippen molar-refractivity contribution in [2.75, 3.05) is 20.8 Å². The van der Waals surface area contributed by atoms with Gasteiger partial charge in [-0.2, -0.15) is 0 Å². The number of para-hydroxylation sites is 2. The molecule has 182 valence electrons. The number of carbonyl (C=O) groups excluding carboxylic acids is 2. The zero-order valence-electron chi connectivity index (χ0n) is 20.0. The lowest BCUT2D eigenvalue weighted by Crippen LogP contribution is -2.31. The van der Waals surface area contributed by atoms with Crippen molar-refractivity contribution in [3.63, 3.8) is 0 Å². The first kappa shape index (κ1) is 23.2. The van der Waals surface area contributed by atoms with E-state index in [4.69, 9.17) is 9.47 Å². The molecule has 36 heavy (non-hydrogen) atoms. The maximum atomic E-state index is 13.3. The van der Waals surface area contributed by atoms with Crippen molar-refractivity contribution >= 4 is 28.4 Å². The Bertz CT molecular complexity index is 1470. The van der Waals surface area contributed by atoms with Crippen LogP contribution in [-0.4, -0.2) is 47.4 Å². The Morgan fingerprint density at radius 2 is 1.67 bits per heavy atom. The van der Waals surface area contributed by atoms with Gasteiger partial charge < -0.3 is 24.5 Å². The monoisotopic (exact) mass is 482 g/mol. The van der Waals surface area contributed by atoms with Crippen LogP contribution in [0, 0.1) is 0 Å². The lowest BCUT2D eigenvalue weighted by Gasteiger charge is -2.26. The average molecular weight is 483 g/mol. The van der Waals surface area contributed by atoms with E-state index in [2.05, 4.69) is 4.98 Å². The van der Waals surface area contributed by atoms with Crippen molar-refractivity contribution in [3.05, 3.63) is 101 Å². The lowest BCUT2D eigenvalue weighted by atomic mass is 9.94. The normalized spacial score (nSPS) is 17.1. The Morgan fingerprint density at radius 3 is 2.42 bits per heavy atom. The largest absolute Gasteiger partial charge is 0.507 e. The van der Waals surface area contributed by atoms with E-state index in [0.29, 0.717) is 29.0 Å². The molecule has 1 atom stereocenters. The highest BCUT2D eigenvalue weighted by molar-refractivity contribution is 6.46. The second-order valence-corrected chi connectivity index (χ2v) is 8.57. The molecule has 1 aliphatic rings. The Labute approximate surface area is 208 Å². The molecule has 1 aliphatic heterocycles. The van der Waals surface area contributed by atoms with Crippen molar-refractivity contribution < 1.29 is 24.2 Å². The number of amides is 1. The number of ether oxygens (including phenoxy) is 2. The van der Waals surface area contributed by atoms with E-state index in [9.17, 15) is 14.7 Å². The number of rotatable bonds is 7. The van der Waals surface area contributed by atoms with Crippen molar-refractivity contribution in [1.82, 2.24) is 9.88 Å². The van der Waals surface area contributed by atoms with Crippen LogP contribution < -0.4 is 9.47 Å². The molecular formula is C29H26N2O5. The molecule has 0 saturated carbocycles. The van der Waals surface area contributed by atoms with E-state index in [1.165, 1.54) is 4.90 Å². The summed E-state index contributed by atoms with van der Waals surface area (Å²) in [6.45, 7) is 0.286. The zero-order chi connectivity index (χ0) is 25.2. The van der Waals surface area contributed by atoms with E-state index in [-0.39, 0.29) is 17.9 Å². The molecule has 5 rings (SSSR count). The van der Waals surface area contributed by atoms with Crippen LogP contribution in [0.1, 0.15) is 22.7 Å². The number of aromatic nitrogens is 1. The number of nitrogens with one attached hydrogen (secondary N) is 1. The molecule has 1 saturated heterocycles. The van der Waals surface area contributed by atoms with Gasteiger partial charge in [-0.25, -0.2) is 0 Å². The number of Topliss-reactive ketones (excluding diaryl/α,β-unsaturated/α-hetero) is 1. The molecule has 2 heterocycles. The smallest absolute Gasteiger partial charge is 0.295 e. The molecule has 3 aromatic carbocycles. The predicted molar refractivity (Wildman–Crippen MR) is 137 cm³/mol. The van der Waals surface area contributed by atoms with E-state index in [0.717, 1.165) is 16.5 Å². The minimum Gasteiger partial charge on any atom is -0.507 e. The number of carbonyl (C=O) groups is 2. The van der Waals surface area contributed by atoms with Gasteiger partial charge in [0.05, 0.1) is 25.8 Å². The summed E-state index contributed by atoms with van der Waals surface area (Å²) < 4.78 is 10.8. The van der Waals surface area contributed by atoms with Gasteiger partial charge in [0.2, 0.25) is 0 Å². The summed E-state index contributed by atoms with van der Waals surface area (Å²) in [4.78, 5) is 31.4. The maximum Gasteiger partial charge on any atom is 0.295 e. The average Bonchev–Trinajstić information content (AvgIpc) is 3.45. The predicted octanol–water partition coefficient (Wildman–Crippen LogP) is 4.85. The van der Waals surface area contributed by atoms with Gasteiger partial charge in [-0.1, -0.05) is 36.4 Å². The van der Waals surface area contributed by atoms with Gasteiger partial charge in [0.25, 0.3) is 11.7 Å². The highest BCUT2D eigenvalue weighted by Crippen LogP contribution is 2.42. The van der Waals surface area contributed by atoms with Crippen molar-refractivity contribution in [3.8, 4) is 11.5 Å². The Balaban J connectivity index is 1.59. The molecule has 7 heteroatoms. The highest BCUT2D eigenvalue weighted by Gasteiger charge is 2.46. The molecular weight excluding hydrogens is 456 g/mol. The first-order valence-electron chi connectivity index (χ1n) is 11.6. The summed E-state index contributed by atoms with van der Waals surface area (Å²) >= 11 is 0. The van der Waals surface area contributed by atoms with Crippen LogP contribution in [-0.2, 0) is 16.0 Å². The fourth-order valence-corrected chi connectivity index (χ4v) is 4.81. The number of aromatic amines is 1. The number of H-pyrrole nitrogens is 1. The number of ketones is 1. The third-order valence-electron chi connectivity index (χ3n) is 6.63. The van der Waals surface area contributed by atoms with E-state index in [1.54, 1.807) is 44.6 Å². The second-order valence-electron chi connectivity index (χ2n) is 8.57. The standard InChI is InChI=1S/C29H26N2O5/c1-35-20-13-11-18(12-14-20)27(32)25-26(22-8-4-6-10-24(22)36-2)31(29(34)28(25)33)16-15-19-17-30-23-9-5-3-7-21(19)23/h3-14,17,26,30,32H,15-16H2,1-2H3/t26-/m1/s1. The van der Waals surface area contributed by atoms with E-state index in [1.807, 2.05) is 48.7 Å². The highest BCUT2D eigenvalue weighted by atomic mass is 16.5.